The van der Waals surface area contributed by atoms with Crippen LogP contribution in [0.1, 0.15) is 24.2 Å². The van der Waals surface area contributed by atoms with Gasteiger partial charge in [0.1, 0.15) is 35.4 Å². The molecular formula is C35H33F2N5O4S. The SMILES string of the molecule is C=CC(=O)N1Cc2cc(-c3nc(-c4ccc(C5(N)COC5)cc4)c4ccsc4c3-c3c(F)cc(F)cc3OCCOC)nn2[C@@H](C)C1. The van der Waals surface area contributed by atoms with E-state index in [1.807, 2.05) is 53.4 Å². The highest BCUT2D eigenvalue weighted by atomic mass is 32.1. The number of amides is 1. The summed E-state index contributed by atoms with van der Waals surface area (Å²) in [6, 6.07) is 13.6. The highest BCUT2D eigenvalue weighted by Crippen LogP contribution is 2.47. The van der Waals surface area contributed by atoms with Crippen molar-refractivity contribution in [3.63, 3.8) is 0 Å². The van der Waals surface area contributed by atoms with Gasteiger partial charge in [0.25, 0.3) is 0 Å². The van der Waals surface area contributed by atoms with Gasteiger partial charge in [0.2, 0.25) is 5.91 Å². The summed E-state index contributed by atoms with van der Waals surface area (Å²) in [7, 11) is 1.53. The second-order valence-corrected chi connectivity index (χ2v) is 12.8. The summed E-state index contributed by atoms with van der Waals surface area (Å²) in [4.78, 5) is 19.4. The van der Waals surface area contributed by atoms with Crippen LogP contribution in [0.15, 0.2) is 66.6 Å². The van der Waals surface area contributed by atoms with Gasteiger partial charge in [-0.2, -0.15) is 5.10 Å². The van der Waals surface area contributed by atoms with Crippen LogP contribution in [-0.4, -0.2) is 65.7 Å². The summed E-state index contributed by atoms with van der Waals surface area (Å²) in [6.07, 6.45) is 1.30. The number of nitrogens with zero attached hydrogens (tertiary/aromatic N) is 4. The average molecular weight is 658 g/mol. The van der Waals surface area contributed by atoms with E-state index in [2.05, 4.69) is 6.58 Å². The Kier molecular flexibility index (Phi) is 8.13. The van der Waals surface area contributed by atoms with Gasteiger partial charge in [-0.25, -0.2) is 13.8 Å². The van der Waals surface area contributed by atoms with Gasteiger partial charge in [0.05, 0.1) is 54.9 Å². The Morgan fingerprint density at radius 1 is 1.15 bits per heavy atom. The minimum absolute atomic E-state index is 0.0328. The fraction of sp³-hybridized carbons (Fsp3) is 0.286. The van der Waals surface area contributed by atoms with Crippen molar-refractivity contribution in [2.45, 2.75) is 25.0 Å². The van der Waals surface area contributed by atoms with Gasteiger partial charge in [0, 0.05) is 47.0 Å². The van der Waals surface area contributed by atoms with Crippen molar-refractivity contribution >= 4 is 27.3 Å². The summed E-state index contributed by atoms with van der Waals surface area (Å²) in [5.41, 5.74) is 10.7. The number of benzene rings is 2. The quantitative estimate of drug-likeness (QED) is 0.152. The number of ether oxygens (including phenoxy) is 3. The summed E-state index contributed by atoms with van der Waals surface area (Å²) >= 11 is 1.42. The topological polar surface area (TPSA) is 105 Å². The first-order chi connectivity index (χ1) is 22.7. The summed E-state index contributed by atoms with van der Waals surface area (Å²) in [6.45, 7) is 7.62. The maximum Gasteiger partial charge on any atom is 0.246 e. The number of halogens is 2. The lowest BCUT2D eigenvalue weighted by molar-refractivity contribution is -0.127. The molecule has 1 saturated heterocycles. The van der Waals surface area contributed by atoms with Crippen molar-refractivity contribution < 1.29 is 27.8 Å². The van der Waals surface area contributed by atoms with E-state index in [4.69, 9.17) is 30.0 Å². The standard InChI is InChI=1S/C35H33F2N5O4S/c1-4-29(43)41-16-20(2)42-24(17-41)15-27(40-42)33-31(30-26(37)13-23(36)14-28(30)46-11-10-44-3)34-25(9-12-47-34)32(39-33)21-5-7-22(8-6-21)35(38)18-45-19-35/h4-9,12-15,20H,1,10-11,16-19,38H2,2-3H3/t20-/m0/s1. The lowest BCUT2D eigenvalue weighted by Gasteiger charge is -2.38. The van der Waals surface area contributed by atoms with Crippen LogP contribution in [0.5, 0.6) is 5.75 Å². The van der Waals surface area contributed by atoms with E-state index >= 15 is 4.39 Å². The summed E-state index contributed by atoms with van der Waals surface area (Å²) in [5, 5.41) is 7.67. The second-order valence-electron chi connectivity index (χ2n) is 11.9. The molecule has 0 unspecified atom stereocenters. The van der Waals surface area contributed by atoms with Crippen LogP contribution < -0.4 is 10.5 Å². The minimum Gasteiger partial charge on any atom is -0.490 e. The van der Waals surface area contributed by atoms with Gasteiger partial charge < -0.3 is 24.8 Å². The third-order valence-electron chi connectivity index (χ3n) is 8.67. The Hall–Kier alpha value is -4.49. The summed E-state index contributed by atoms with van der Waals surface area (Å²) < 4.78 is 49.7. The van der Waals surface area contributed by atoms with Crippen molar-refractivity contribution in [1.82, 2.24) is 19.7 Å². The number of rotatable bonds is 9. The van der Waals surface area contributed by atoms with E-state index < -0.39 is 17.2 Å². The average Bonchev–Trinajstić information content (AvgIpc) is 3.71. The van der Waals surface area contributed by atoms with E-state index in [-0.39, 0.29) is 36.5 Å². The molecule has 1 atom stereocenters. The number of pyridine rings is 1. The van der Waals surface area contributed by atoms with Gasteiger partial charge in [-0.3, -0.25) is 9.48 Å². The van der Waals surface area contributed by atoms with Crippen LogP contribution in [0.25, 0.3) is 43.9 Å². The third kappa shape index (κ3) is 5.50. The summed E-state index contributed by atoms with van der Waals surface area (Å²) in [5.74, 6) is -1.69. The van der Waals surface area contributed by atoms with Crippen molar-refractivity contribution in [2.24, 2.45) is 5.73 Å². The van der Waals surface area contributed by atoms with E-state index in [1.165, 1.54) is 30.6 Å². The van der Waals surface area contributed by atoms with Crippen LogP contribution in [0, 0.1) is 11.6 Å². The van der Waals surface area contributed by atoms with Crippen LogP contribution in [-0.2, 0) is 26.4 Å². The molecule has 0 radical (unpaired) electrons. The molecular weight excluding hydrogens is 624 g/mol. The molecule has 5 aromatic rings. The lowest BCUT2D eigenvalue weighted by atomic mass is 9.88. The molecule has 47 heavy (non-hydrogen) atoms. The molecule has 2 aliphatic rings. The Morgan fingerprint density at radius 3 is 2.64 bits per heavy atom. The zero-order valence-corrected chi connectivity index (χ0v) is 26.8. The Balaban J connectivity index is 1.45. The number of methoxy groups -OCH3 is 1. The number of carbonyl (C=O) groups is 1. The largest absolute Gasteiger partial charge is 0.490 e. The molecule has 0 saturated carbocycles. The zero-order chi connectivity index (χ0) is 32.9. The first-order valence-electron chi connectivity index (χ1n) is 15.2. The molecule has 9 nitrogen and oxygen atoms in total. The number of carbonyl (C=O) groups excluding carboxylic acids is 1. The normalized spacial score (nSPS) is 17.0. The Labute approximate surface area is 274 Å². The molecule has 3 aromatic heterocycles. The number of hydrogen-bond acceptors (Lipinski definition) is 8. The maximum atomic E-state index is 16.0. The van der Waals surface area contributed by atoms with Gasteiger partial charge >= 0.3 is 0 Å². The molecule has 0 aliphatic carbocycles. The molecule has 1 fully saturated rings. The second kappa shape index (κ2) is 12.3. The molecule has 12 heteroatoms. The van der Waals surface area contributed by atoms with Crippen molar-refractivity contribution in [3.8, 4) is 39.5 Å². The molecule has 1 amide bonds. The number of fused-ring (bicyclic) bond motifs is 2. The number of hydrogen-bond donors (Lipinski definition) is 1. The first-order valence-corrected chi connectivity index (χ1v) is 16.1. The van der Waals surface area contributed by atoms with Crippen LogP contribution in [0.3, 0.4) is 0 Å². The van der Waals surface area contributed by atoms with E-state index in [1.54, 1.807) is 4.90 Å². The van der Waals surface area contributed by atoms with E-state index in [0.717, 1.165) is 33.0 Å². The number of nitrogens with two attached hydrogens (primary N) is 1. The van der Waals surface area contributed by atoms with E-state index in [0.29, 0.717) is 48.9 Å². The van der Waals surface area contributed by atoms with Crippen molar-refractivity contribution in [1.29, 1.82) is 0 Å². The Morgan fingerprint density at radius 2 is 1.94 bits per heavy atom. The molecule has 2 N–H and O–H groups in total. The van der Waals surface area contributed by atoms with Gasteiger partial charge in [0.15, 0.2) is 0 Å². The van der Waals surface area contributed by atoms with Crippen LogP contribution >= 0.6 is 11.3 Å². The lowest BCUT2D eigenvalue weighted by Crippen LogP contribution is -2.54. The van der Waals surface area contributed by atoms with Gasteiger partial charge in [-0.05, 0) is 36.1 Å². The zero-order valence-electron chi connectivity index (χ0n) is 26.0. The monoisotopic (exact) mass is 657 g/mol. The van der Waals surface area contributed by atoms with Crippen molar-refractivity contribution in [3.05, 3.63) is 89.5 Å². The van der Waals surface area contributed by atoms with Gasteiger partial charge in [-0.1, -0.05) is 30.8 Å². The minimum atomic E-state index is -0.789. The van der Waals surface area contributed by atoms with Crippen LogP contribution in [0.4, 0.5) is 8.78 Å². The number of thiophene rings is 1. The molecule has 2 aliphatic heterocycles. The fourth-order valence-electron chi connectivity index (χ4n) is 6.25. The number of aromatic nitrogens is 3. The molecule has 0 bridgehead atoms. The highest BCUT2D eigenvalue weighted by molar-refractivity contribution is 7.18. The van der Waals surface area contributed by atoms with Gasteiger partial charge in [-0.15, -0.1) is 11.3 Å². The van der Waals surface area contributed by atoms with Crippen LogP contribution in [0.2, 0.25) is 0 Å². The molecule has 5 heterocycles. The maximum absolute atomic E-state index is 16.0. The van der Waals surface area contributed by atoms with E-state index in [9.17, 15) is 9.18 Å². The predicted octanol–water partition coefficient (Wildman–Crippen LogP) is 6.07. The first kappa shape index (κ1) is 31.1. The molecule has 7 rings (SSSR count). The Bertz CT molecular complexity index is 2000. The van der Waals surface area contributed by atoms with Crippen molar-refractivity contribution in [2.75, 3.05) is 40.1 Å². The molecule has 2 aromatic carbocycles. The fourth-order valence-corrected chi connectivity index (χ4v) is 7.20. The predicted molar refractivity (Wildman–Crippen MR) is 176 cm³/mol. The highest BCUT2D eigenvalue weighted by Gasteiger charge is 2.36. The molecule has 242 valence electrons. The smallest absolute Gasteiger partial charge is 0.246 e. The third-order valence-corrected chi connectivity index (χ3v) is 9.60. The molecule has 0 spiro atoms.